The molecule has 1 heterocycles. The van der Waals surface area contributed by atoms with Crippen LogP contribution >= 0.6 is 0 Å². The molecule has 1 aliphatic heterocycles. The van der Waals surface area contributed by atoms with Crippen molar-refractivity contribution in [1.82, 2.24) is 4.90 Å². The summed E-state index contributed by atoms with van der Waals surface area (Å²) >= 11 is 0. The second kappa shape index (κ2) is 9.81. The van der Waals surface area contributed by atoms with Crippen LogP contribution in [-0.4, -0.2) is 31.6 Å². The number of hydrogen-bond donors (Lipinski definition) is 1. The predicted molar refractivity (Wildman–Crippen MR) is 126 cm³/mol. The van der Waals surface area contributed by atoms with Gasteiger partial charge in [0.05, 0.1) is 14.2 Å². The Morgan fingerprint density at radius 1 is 1.03 bits per heavy atom. The summed E-state index contributed by atoms with van der Waals surface area (Å²) in [7, 11) is 3.14. The summed E-state index contributed by atoms with van der Waals surface area (Å²) in [5.41, 5.74) is 7.84. The Hall–Kier alpha value is -3.45. The zero-order chi connectivity index (χ0) is 24.3. The second-order valence-electron chi connectivity index (χ2n) is 8.47. The van der Waals surface area contributed by atoms with Gasteiger partial charge in [-0.3, -0.25) is 9.69 Å². The molecule has 4 rings (SSSR count). The van der Waals surface area contributed by atoms with E-state index in [0.717, 1.165) is 23.4 Å². The Morgan fingerprint density at radius 2 is 1.82 bits per heavy atom. The van der Waals surface area contributed by atoms with Gasteiger partial charge < -0.3 is 15.2 Å². The van der Waals surface area contributed by atoms with Gasteiger partial charge in [-0.2, -0.15) is 0 Å². The van der Waals surface area contributed by atoms with Gasteiger partial charge >= 0.3 is 0 Å². The van der Waals surface area contributed by atoms with Gasteiger partial charge in [0.2, 0.25) is 5.91 Å². The largest absolute Gasteiger partial charge is 0.497 e. The van der Waals surface area contributed by atoms with Crippen LogP contribution in [0, 0.1) is 11.6 Å². The van der Waals surface area contributed by atoms with Crippen LogP contribution in [0.15, 0.2) is 60.7 Å². The molecule has 0 radical (unpaired) electrons. The van der Waals surface area contributed by atoms with E-state index in [2.05, 4.69) is 0 Å². The number of carbonyl (C=O) groups excluding carboxylic acids is 1. The number of rotatable bonds is 8. The number of nitrogens with two attached hydrogens (primary N) is 1. The third-order valence-corrected chi connectivity index (χ3v) is 6.69. The van der Waals surface area contributed by atoms with Gasteiger partial charge in [-0.1, -0.05) is 24.3 Å². The van der Waals surface area contributed by atoms with Crippen LogP contribution in [0.5, 0.6) is 11.5 Å². The molecule has 1 amide bonds. The molecule has 0 saturated carbocycles. The average Bonchev–Trinajstić information content (AvgIpc) is 2.85. The summed E-state index contributed by atoms with van der Waals surface area (Å²) < 4.78 is 39.3. The monoisotopic (exact) mass is 466 g/mol. The number of ether oxygens (including phenoxy) is 2. The van der Waals surface area contributed by atoms with Crippen molar-refractivity contribution in [3.63, 3.8) is 0 Å². The number of aryl methyl sites for hydroxylation is 1. The smallest absolute Gasteiger partial charge is 0.242 e. The number of fused-ring (bicyclic) bond motifs is 1. The van der Waals surface area contributed by atoms with Crippen molar-refractivity contribution in [2.75, 3.05) is 20.8 Å². The van der Waals surface area contributed by atoms with Crippen molar-refractivity contribution in [1.29, 1.82) is 0 Å². The molecular formula is C27H28F2N2O3. The highest BCUT2D eigenvalue weighted by Gasteiger charge is 2.46. The van der Waals surface area contributed by atoms with E-state index < -0.39 is 23.1 Å². The molecule has 0 saturated heterocycles. The lowest BCUT2D eigenvalue weighted by Gasteiger charge is -2.45. The van der Waals surface area contributed by atoms with Gasteiger partial charge in [0, 0.05) is 18.7 Å². The highest BCUT2D eigenvalue weighted by Crippen LogP contribution is 2.42. The van der Waals surface area contributed by atoms with Crippen molar-refractivity contribution >= 4 is 5.91 Å². The molecule has 0 fully saturated rings. The van der Waals surface area contributed by atoms with Crippen LogP contribution in [-0.2, 0) is 29.7 Å². The fourth-order valence-corrected chi connectivity index (χ4v) is 4.90. The molecule has 3 aromatic carbocycles. The van der Waals surface area contributed by atoms with Gasteiger partial charge in [0.1, 0.15) is 28.7 Å². The van der Waals surface area contributed by atoms with Crippen molar-refractivity contribution in [2.45, 2.75) is 31.3 Å². The Kier molecular flexibility index (Phi) is 6.84. The molecule has 7 heteroatoms. The Bertz CT molecular complexity index is 1200. The van der Waals surface area contributed by atoms with Crippen LogP contribution in [0.3, 0.4) is 0 Å². The molecular weight excluding hydrogens is 438 g/mol. The Morgan fingerprint density at radius 3 is 2.56 bits per heavy atom. The van der Waals surface area contributed by atoms with E-state index in [9.17, 15) is 13.6 Å². The zero-order valence-corrected chi connectivity index (χ0v) is 19.3. The maximum absolute atomic E-state index is 14.5. The molecule has 0 spiro atoms. The summed E-state index contributed by atoms with van der Waals surface area (Å²) in [4.78, 5) is 15.4. The zero-order valence-electron chi connectivity index (χ0n) is 19.3. The quantitative estimate of drug-likeness (QED) is 0.536. The minimum absolute atomic E-state index is 0.117. The van der Waals surface area contributed by atoms with Gasteiger partial charge in [-0.25, -0.2) is 8.78 Å². The summed E-state index contributed by atoms with van der Waals surface area (Å²) in [5.74, 6) is -0.382. The van der Waals surface area contributed by atoms with E-state index >= 15 is 0 Å². The molecule has 178 valence electrons. The van der Waals surface area contributed by atoms with E-state index in [1.54, 1.807) is 13.2 Å². The molecule has 0 aromatic heterocycles. The lowest BCUT2D eigenvalue weighted by atomic mass is 9.79. The highest BCUT2D eigenvalue weighted by atomic mass is 19.1. The predicted octanol–water partition coefficient (Wildman–Crippen LogP) is 4.35. The number of amides is 1. The number of halogens is 2. The number of nitrogens with zero attached hydrogens (tertiary/aromatic N) is 1. The maximum Gasteiger partial charge on any atom is 0.242 e. The minimum atomic E-state index is -1.30. The highest BCUT2D eigenvalue weighted by molar-refractivity contribution is 5.87. The van der Waals surface area contributed by atoms with E-state index in [-0.39, 0.29) is 18.4 Å². The Labute approximate surface area is 198 Å². The fraction of sp³-hybridized carbons (Fsp3) is 0.296. The van der Waals surface area contributed by atoms with Gasteiger partial charge in [-0.05, 0) is 72.4 Å². The van der Waals surface area contributed by atoms with Crippen LogP contribution in [0.25, 0.3) is 0 Å². The van der Waals surface area contributed by atoms with E-state index in [1.807, 2.05) is 41.3 Å². The standard InChI is InChI=1S/C27H28F2N2O3/c1-33-22-9-7-18-12-14-31(17-20(18)16-22)27(26(30)32,23-5-3-4-6-25(23)34-2)13-11-19-15-21(28)8-10-24(19)29/h3-10,15-16H,11-14,17H2,1-2H3,(H2,30,32). The lowest BCUT2D eigenvalue weighted by molar-refractivity contribution is -0.132. The molecule has 0 aliphatic carbocycles. The molecule has 2 N–H and O–H groups in total. The van der Waals surface area contributed by atoms with Crippen LogP contribution in [0.4, 0.5) is 8.78 Å². The van der Waals surface area contributed by atoms with E-state index in [0.29, 0.717) is 30.8 Å². The topological polar surface area (TPSA) is 64.8 Å². The van der Waals surface area contributed by atoms with Crippen molar-refractivity contribution in [3.05, 3.63) is 94.6 Å². The first-order valence-electron chi connectivity index (χ1n) is 11.2. The first kappa shape index (κ1) is 23.7. The number of para-hydroxylation sites is 1. The van der Waals surface area contributed by atoms with Crippen molar-refractivity contribution in [3.8, 4) is 11.5 Å². The lowest BCUT2D eigenvalue weighted by Crippen LogP contribution is -2.56. The molecule has 1 unspecified atom stereocenters. The van der Waals surface area contributed by atoms with Crippen LogP contribution < -0.4 is 15.2 Å². The number of benzene rings is 3. The second-order valence-corrected chi connectivity index (χ2v) is 8.47. The SMILES string of the molecule is COc1ccc2c(c1)CN(C(CCc1cc(F)ccc1F)(C(N)=O)c1ccccc1OC)CC2. The first-order valence-corrected chi connectivity index (χ1v) is 11.2. The summed E-state index contributed by atoms with van der Waals surface area (Å²) in [6.07, 6.45) is 0.978. The number of hydrogen-bond acceptors (Lipinski definition) is 4. The minimum Gasteiger partial charge on any atom is -0.497 e. The molecule has 1 atom stereocenters. The number of carbonyl (C=O) groups is 1. The van der Waals surface area contributed by atoms with Gasteiger partial charge in [0.15, 0.2) is 0 Å². The van der Waals surface area contributed by atoms with Crippen LogP contribution in [0.1, 0.15) is 28.7 Å². The molecule has 3 aromatic rings. The normalized spacial score (nSPS) is 15.3. The van der Waals surface area contributed by atoms with Crippen molar-refractivity contribution < 1.29 is 23.0 Å². The van der Waals surface area contributed by atoms with Crippen LogP contribution in [0.2, 0.25) is 0 Å². The van der Waals surface area contributed by atoms with E-state index in [1.165, 1.54) is 18.7 Å². The third kappa shape index (κ3) is 4.35. The molecule has 5 nitrogen and oxygen atoms in total. The number of methoxy groups -OCH3 is 2. The first-order chi connectivity index (χ1) is 16.4. The third-order valence-electron chi connectivity index (χ3n) is 6.69. The van der Waals surface area contributed by atoms with E-state index in [4.69, 9.17) is 15.2 Å². The summed E-state index contributed by atoms with van der Waals surface area (Å²) in [6.45, 7) is 1.01. The molecule has 0 bridgehead atoms. The molecule has 1 aliphatic rings. The van der Waals surface area contributed by atoms with Gasteiger partial charge in [0.25, 0.3) is 0 Å². The summed E-state index contributed by atoms with van der Waals surface area (Å²) in [5, 5.41) is 0. The molecule has 34 heavy (non-hydrogen) atoms. The Balaban J connectivity index is 1.81. The van der Waals surface area contributed by atoms with Crippen molar-refractivity contribution in [2.24, 2.45) is 5.73 Å². The maximum atomic E-state index is 14.5. The fourth-order valence-electron chi connectivity index (χ4n) is 4.90. The average molecular weight is 467 g/mol. The van der Waals surface area contributed by atoms with Gasteiger partial charge in [-0.15, -0.1) is 0 Å². The number of primary amides is 1. The summed E-state index contributed by atoms with van der Waals surface area (Å²) in [6, 6.07) is 16.5.